The lowest BCUT2D eigenvalue weighted by Crippen LogP contribution is -2.44. The van der Waals surface area contributed by atoms with Crippen molar-refractivity contribution >= 4 is 12.1 Å². The van der Waals surface area contributed by atoms with Gasteiger partial charge in [0.2, 0.25) is 6.10 Å². The van der Waals surface area contributed by atoms with Crippen molar-refractivity contribution in [3.05, 3.63) is 83.9 Å². The van der Waals surface area contributed by atoms with Crippen LogP contribution < -0.4 is 19.6 Å². The molecule has 2 atom stereocenters. The first kappa shape index (κ1) is 19.3. The molecule has 0 bridgehead atoms. The van der Waals surface area contributed by atoms with Crippen molar-refractivity contribution in [1.29, 1.82) is 0 Å². The number of phenolic OH excluding ortho intramolecular Hbond substituents is 1. The summed E-state index contributed by atoms with van der Waals surface area (Å²) in [6.45, 7) is 0. The van der Waals surface area contributed by atoms with Crippen LogP contribution in [-0.2, 0) is 4.79 Å². The highest BCUT2D eigenvalue weighted by Gasteiger charge is 2.38. The largest absolute Gasteiger partial charge is 0.504 e. The average Bonchev–Trinajstić information content (AvgIpc) is 2.79. The first-order chi connectivity index (χ1) is 14.7. The van der Waals surface area contributed by atoms with Gasteiger partial charge < -0.3 is 19.3 Å². The molecule has 2 N–H and O–H groups in total. The minimum Gasteiger partial charge on any atom is -0.504 e. The quantitative estimate of drug-likeness (QED) is 0.502. The second-order valence-electron chi connectivity index (χ2n) is 6.60. The monoisotopic (exact) mass is 404 g/mol. The predicted molar refractivity (Wildman–Crippen MR) is 111 cm³/mol. The third-order valence-electron chi connectivity index (χ3n) is 4.61. The number of methoxy groups -OCH3 is 1. The van der Waals surface area contributed by atoms with Crippen molar-refractivity contribution in [3.63, 3.8) is 0 Å². The highest BCUT2D eigenvalue weighted by atomic mass is 16.6. The Morgan fingerprint density at radius 2 is 1.73 bits per heavy atom. The molecule has 3 aromatic carbocycles. The molecule has 4 rings (SSSR count). The summed E-state index contributed by atoms with van der Waals surface area (Å²) in [4.78, 5) is 12.9. The van der Waals surface area contributed by atoms with Gasteiger partial charge in [0.25, 0.3) is 5.91 Å². The van der Waals surface area contributed by atoms with Crippen LogP contribution in [0, 0.1) is 0 Å². The van der Waals surface area contributed by atoms with Gasteiger partial charge in [-0.25, -0.2) is 5.43 Å². The molecule has 1 aliphatic rings. The molecule has 0 spiro atoms. The van der Waals surface area contributed by atoms with E-state index in [2.05, 4.69) is 10.5 Å². The van der Waals surface area contributed by atoms with E-state index >= 15 is 0 Å². The number of rotatable bonds is 5. The molecule has 1 amide bonds. The second kappa shape index (κ2) is 8.57. The van der Waals surface area contributed by atoms with E-state index in [9.17, 15) is 9.90 Å². The van der Waals surface area contributed by atoms with Crippen LogP contribution in [0.2, 0.25) is 0 Å². The predicted octanol–water partition coefficient (Wildman–Crippen LogP) is 3.43. The average molecular weight is 404 g/mol. The SMILES string of the molecule is COc1cc(C=NNC(=O)C2Oc3ccccc3OC2c2ccccc2)ccc1O. The van der Waals surface area contributed by atoms with Crippen LogP contribution in [-0.4, -0.2) is 30.4 Å². The number of amides is 1. The Labute approximate surface area is 173 Å². The smallest absolute Gasteiger partial charge is 0.285 e. The number of carbonyl (C=O) groups is 1. The van der Waals surface area contributed by atoms with Crippen molar-refractivity contribution in [2.24, 2.45) is 5.10 Å². The van der Waals surface area contributed by atoms with Crippen molar-refractivity contribution in [2.75, 3.05) is 7.11 Å². The van der Waals surface area contributed by atoms with Crippen LogP contribution >= 0.6 is 0 Å². The number of hydrogen-bond donors (Lipinski definition) is 2. The Kier molecular flexibility index (Phi) is 5.52. The Balaban J connectivity index is 1.53. The molecule has 1 heterocycles. The molecule has 0 aliphatic carbocycles. The van der Waals surface area contributed by atoms with Gasteiger partial charge in [0.15, 0.2) is 29.1 Å². The van der Waals surface area contributed by atoms with E-state index < -0.39 is 18.1 Å². The molecular weight excluding hydrogens is 384 g/mol. The summed E-state index contributed by atoms with van der Waals surface area (Å²) in [6, 6.07) is 21.4. The van der Waals surface area contributed by atoms with Crippen LogP contribution in [0.4, 0.5) is 0 Å². The van der Waals surface area contributed by atoms with Crippen LogP contribution in [0.3, 0.4) is 0 Å². The van der Waals surface area contributed by atoms with Crippen LogP contribution in [0.15, 0.2) is 77.9 Å². The third kappa shape index (κ3) is 4.05. The highest BCUT2D eigenvalue weighted by molar-refractivity contribution is 5.86. The molecule has 0 saturated carbocycles. The number of nitrogens with one attached hydrogen (secondary N) is 1. The van der Waals surface area contributed by atoms with Gasteiger partial charge in [-0.1, -0.05) is 42.5 Å². The summed E-state index contributed by atoms with van der Waals surface area (Å²) in [6.07, 6.45) is -0.0893. The summed E-state index contributed by atoms with van der Waals surface area (Å²) in [5, 5.41) is 13.7. The number of para-hydroxylation sites is 2. The van der Waals surface area contributed by atoms with Gasteiger partial charge in [-0.3, -0.25) is 4.79 Å². The topological polar surface area (TPSA) is 89.4 Å². The maximum atomic E-state index is 12.9. The van der Waals surface area contributed by atoms with E-state index in [1.54, 1.807) is 24.3 Å². The molecule has 2 unspecified atom stereocenters. The zero-order valence-corrected chi connectivity index (χ0v) is 16.2. The number of benzene rings is 3. The molecule has 30 heavy (non-hydrogen) atoms. The van der Waals surface area contributed by atoms with Crippen molar-refractivity contribution < 1.29 is 24.1 Å². The number of hydrogen-bond acceptors (Lipinski definition) is 6. The summed E-state index contributed by atoms with van der Waals surface area (Å²) >= 11 is 0. The number of nitrogens with zero attached hydrogens (tertiary/aromatic N) is 1. The fraction of sp³-hybridized carbons (Fsp3) is 0.130. The van der Waals surface area contributed by atoms with Crippen LogP contribution in [0.1, 0.15) is 17.2 Å². The Hall–Kier alpha value is -4.00. The zero-order chi connectivity index (χ0) is 20.9. The Morgan fingerprint density at radius 1 is 1.03 bits per heavy atom. The number of ether oxygens (including phenoxy) is 3. The number of phenols is 1. The molecule has 1 aliphatic heterocycles. The van der Waals surface area contributed by atoms with E-state index in [-0.39, 0.29) is 5.75 Å². The fourth-order valence-corrected chi connectivity index (χ4v) is 3.13. The van der Waals surface area contributed by atoms with Crippen molar-refractivity contribution in [2.45, 2.75) is 12.2 Å². The molecule has 7 heteroatoms. The first-order valence-electron chi connectivity index (χ1n) is 9.33. The third-order valence-corrected chi connectivity index (χ3v) is 4.61. The minimum absolute atomic E-state index is 0.0239. The fourth-order valence-electron chi connectivity index (χ4n) is 3.13. The normalized spacial score (nSPS) is 17.5. The molecule has 0 radical (unpaired) electrons. The summed E-state index contributed by atoms with van der Waals surface area (Å²) in [5.41, 5.74) is 3.97. The molecule has 3 aromatic rings. The molecule has 0 aromatic heterocycles. The lowest BCUT2D eigenvalue weighted by atomic mass is 10.0. The van der Waals surface area contributed by atoms with Crippen LogP contribution in [0.25, 0.3) is 0 Å². The lowest BCUT2D eigenvalue weighted by Gasteiger charge is -2.32. The first-order valence-corrected chi connectivity index (χ1v) is 9.33. The summed E-state index contributed by atoms with van der Waals surface area (Å²) in [7, 11) is 1.46. The van der Waals surface area contributed by atoms with Crippen molar-refractivity contribution in [3.8, 4) is 23.0 Å². The number of carbonyl (C=O) groups excluding carboxylic acids is 1. The summed E-state index contributed by atoms with van der Waals surface area (Å²) < 4.78 is 17.1. The van der Waals surface area contributed by atoms with Gasteiger partial charge in [0.05, 0.1) is 13.3 Å². The van der Waals surface area contributed by atoms with E-state index in [1.165, 1.54) is 19.4 Å². The second-order valence-corrected chi connectivity index (χ2v) is 6.60. The highest BCUT2D eigenvalue weighted by Crippen LogP contribution is 2.39. The lowest BCUT2D eigenvalue weighted by molar-refractivity contribution is -0.134. The van der Waals surface area contributed by atoms with Crippen LogP contribution in [0.5, 0.6) is 23.0 Å². The van der Waals surface area contributed by atoms with E-state index in [1.807, 2.05) is 42.5 Å². The standard InChI is InChI=1S/C23H20N2O5/c1-28-20-13-15(11-12-17(20)26)14-24-25-23(27)22-21(16-7-3-2-4-8-16)29-18-9-5-6-10-19(18)30-22/h2-14,21-22,26H,1H3,(H,25,27). The maximum Gasteiger partial charge on any atom is 0.285 e. The Morgan fingerprint density at radius 3 is 2.47 bits per heavy atom. The van der Waals surface area contributed by atoms with Gasteiger partial charge in [0.1, 0.15) is 0 Å². The molecular formula is C23H20N2O5. The Bertz CT molecular complexity index is 1070. The molecule has 7 nitrogen and oxygen atoms in total. The van der Waals surface area contributed by atoms with E-state index in [0.29, 0.717) is 22.8 Å². The maximum absolute atomic E-state index is 12.9. The van der Waals surface area contributed by atoms with Crippen molar-refractivity contribution in [1.82, 2.24) is 5.43 Å². The molecule has 0 fully saturated rings. The van der Waals surface area contributed by atoms with Gasteiger partial charge in [-0.15, -0.1) is 0 Å². The number of hydrazone groups is 1. The van der Waals surface area contributed by atoms with Gasteiger partial charge in [0, 0.05) is 0 Å². The molecule has 0 saturated heterocycles. The van der Waals surface area contributed by atoms with Gasteiger partial charge in [-0.2, -0.15) is 5.10 Å². The number of fused-ring (bicyclic) bond motifs is 1. The van der Waals surface area contributed by atoms with Gasteiger partial charge in [-0.05, 0) is 41.5 Å². The summed E-state index contributed by atoms with van der Waals surface area (Å²) in [5.74, 6) is 0.971. The zero-order valence-electron chi connectivity index (χ0n) is 16.2. The van der Waals surface area contributed by atoms with E-state index in [4.69, 9.17) is 14.2 Å². The van der Waals surface area contributed by atoms with Gasteiger partial charge >= 0.3 is 0 Å². The van der Waals surface area contributed by atoms with E-state index in [0.717, 1.165) is 5.56 Å². The number of aromatic hydroxyl groups is 1. The minimum atomic E-state index is -0.922. The molecule has 152 valence electrons.